The molecule has 2 rings (SSSR count). The molecular formula is C13H14N2O2S. The second kappa shape index (κ2) is 6.28. The Labute approximate surface area is 109 Å². The van der Waals surface area contributed by atoms with Crippen LogP contribution in [0, 0.1) is 0 Å². The van der Waals surface area contributed by atoms with Crippen molar-refractivity contribution >= 4 is 17.3 Å². The molecule has 0 saturated heterocycles. The predicted octanol–water partition coefficient (Wildman–Crippen LogP) is 2.17. The highest BCUT2D eigenvalue weighted by Gasteiger charge is 2.02. The van der Waals surface area contributed by atoms with Crippen molar-refractivity contribution in [3.05, 3.63) is 52.0 Å². The molecule has 0 amide bonds. The maximum absolute atomic E-state index is 10.6. The van der Waals surface area contributed by atoms with E-state index < -0.39 is 5.97 Å². The highest BCUT2D eigenvalue weighted by Crippen LogP contribution is 2.06. The van der Waals surface area contributed by atoms with Crippen molar-refractivity contribution in [3.8, 4) is 0 Å². The van der Waals surface area contributed by atoms with Gasteiger partial charge in [0.25, 0.3) is 0 Å². The Hall–Kier alpha value is -1.72. The maximum atomic E-state index is 10.6. The van der Waals surface area contributed by atoms with E-state index in [1.807, 2.05) is 0 Å². The van der Waals surface area contributed by atoms with E-state index in [4.69, 9.17) is 5.11 Å². The first-order valence-corrected chi connectivity index (χ1v) is 6.60. The monoisotopic (exact) mass is 262 g/mol. The van der Waals surface area contributed by atoms with Gasteiger partial charge in [0.15, 0.2) is 0 Å². The van der Waals surface area contributed by atoms with Crippen LogP contribution >= 0.6 is 11.3 Å². The zero-order valence-corrected chi connectivity index (χ0v) is 10.6. The zero-order valence-electron chi connectivity index (χ0n) is 9.80. The first kappa shape index (κ1) is 12.7. The molecule has 2 heterocycles. The number of nitrogens with one attached hydrogen (secondary N) is 1. The lowest BCUT2D eigenvalue weighted by molar-refractivity contribution is 0.0696. The fourth-order valence-corrected chi connectivity index (χ4v) is 2.24. The molecular weight excluding hydrogens is 248 g/mol. The molecule has 0 aromatic carbocycles. The number of nitrogens with zero attached hydrogens (tertiary/aromatic N) is 1. The molecule has 2 N–H and O–H groups in total. The Morgan fingerprint density at radius 1 is 1.39 bits per heavy atom. The van der Waals surface area contributed by atoms with Crippen LogP contribution in [0.4, 0.5) is 0 Å². The van der Waals surface area contributed by atoms with E-state index >= 15 is 0 Å². The van der Waals surface area contributed by atoms with Gasteiger partial charge in [0, 0.05) is 12.7 Å². The third-order valence-electron chi connectivity index (χ3n) is 2.55. The Kier molecular flexibility index (Phi) is 4.44. The van der Waals surface area contributed by atoms with Gasteiger partial charge in [0.1, 0.15) is 0 Å². The number of pyridine rings is 1. The van der Waals surface area contributed by atoms with Gasteiger partial charge in [-0.15, -0.1) is 0 Å². The molecule has 2 aromatic heterocycles. The summed E-state index contributed by atoms with van der Waals surface area (Å²) in [6.45, 7) is 1.54. The average Bonchev–Trinajstić information content (AvgIpc) is 2.88. The highest BCUT2D eigenvalue weighted by molar-refractivity contribution is 7.07. The molecule has 0 fully saturated rings. The lowest BCUT2D eigenvalue weighted by Gasteiger charge is -2.03. The maximum Gasteiger partial charge on any atom is 0.337 e. The summed E-state index contributed by atoms with van der Waals surface area (Å²) >= 11 is 1.70. The van der Waals surface area contributed by atoms with Gasteiger partial charge < -0.3 is 10.4 Å². The van der Waals surface area contributed by atoms with Crippen molar-refractivity contribution in [1.82, 2.24) is 10.3 Å². The smallest absolute Gasteiger partial charge is 0.337 e. The van der Waals surface area contributed by atoms with E-state index in [0.717, 1.165) is 18.7 Å². The van der Waals surface area contributed by atoms with Crippen LogP contribution in [0.3, 0.4) is 0 Å². The fourth-order valence-electron chi connectivity index (χ4n) is 1.54. The van der Waals surface area contributed by atoms with Crippen LogP contribution in [0.5, 0.6) is 0 Å². The van der Waals surface area contributed by atoms with Crippen LogP contribution in [0.1, 0.15) is 21.6 Å². The van der Waals surface area contributed by atoms with Crippen molar-refractivity contribution in [1.29, 1.82) is 0 Å². The molecule has 2 aromatic rings. The molecule has 0 radical (unpaired) electrons. The lowest BCUT2D eigenvalue weighted by Crippen LogP contribution is -2.17. The van der Waals surface area contributed by atoms with Gasteiger partial charge in [-0.25, -0.2) is 4.79 Å². The number of hydrogen-bond donors (Lipinski definition) is 2. The number of hydrogen-bond acceptors (Lipinski definition) is 4. The van der Waals surface area contributed by atoms with Gasteiger partial charge in [-0.05, 0) is 47.5 Å². The number of carboxylic acid groups (broad SMARTS) is 1. The van der Waals surface area contributed by atoms with E-state index in [9.17, 15) is 4.79 Å². The molecule has 0 spiro atoms. The Bertz CT molecular complexity index is 494. The SMILES string of the molecule is O=C(O)c1ccc(CNCCc2ccsc2)nc1. The minimum Gasteiger partial charge on any atom is -0.478 e. The van der Waals surface area contributed by atoms with Crippen LogP contribution in [-0.2, 0) is 13.0 Å². The van der Waals surface area contributed by atoms with Crippen LogP contribution < -0.4 is 5.32 Å². The van der Waals surface area contributed by atoms with Gasteiger partial charge in [-0.1, -0.05) is 0 Å². The van der Waals surface area contributed by atoms with Crippen LogP contribution in [0.25, 0.3) is 0 Å². The van der Waals surface area contributed by atoms with Gasteiger partial charge in [-0.3, -0.25) is 4.98 Å². The standard InChI is InChI=1S/C13H14N2O2S/c16-13(17)11-1-2-12(15-7-11)8-14-5-3-10-4-6-18-9-10/h1-2,4,6-7,9,14H,3,5,8H2,(H,16,17). The summed E-state index contributed by atoms with van der Waals surface area (Å²) in [6.07, 6.45) is 2.38. The molecule has 0 aliphatic heterocycles. The predicted molar refractivity (Wildman–Crippen MR) is 70.9 cm³/mol. The van der Waals surface area contributed by atoms with Crippen molar-refractivity contribution < 1.29 is 9.90 Å². The van der Waals surface area contributed by atoms with Gasteiger partial charge in [0.2, 0.25) is 0 Å². The molecule has 18 heavy (non-hydrogen) atoms. The summed E-state index contributed by atoms with van der Waals surface area (Å²) in [5.41, 5.74) is 2.41. The lowest BCUT2D eigenvalue weighted by atomic mass is 10.2. The zero-order chi connectivity index (χ0) is 12.8. The molecule has 0 bridgehead atoms. The highest BCUT2D eigenvalue weighted by atomic mass is 32.1. The van der Waals surface area contributed by atoms with Gasteiger partial charge >= 0.3 is 5.97 Å². The quantitative estimate of drug-likeness (QED) is 0.783. The largest absolute Gasteiger partial charge is 0.478 e. The molecule has 0 unspecified atom stereocenters. The minimum atomic E-state index is -0.945. The number of thiophene rings is 1. The first-order chi connectivity index (χ1) is 8.75. The first-order valence-electron chi connectivity index (χ1n) is 5.66. The van der Waals surface area contributed by atoms with E-state index in [1.165, 1.54) is 11.8 Å². The van der Waals surface area contributed by atoms with E-state index in [2.05, 4.69) is 27.1 Å². The Morgan fingerprint density at radius 3 is 2.89 bits per heavy atom. The Balaban J connectivity index is 1.75. The molecule has 0 aliphatic rings. The van der Waals surface area contributed by atoms with Gasteiger partial charge in [0.05, 0.1) is 11.3 Å². The van der Waals surface area contributed by atoms with Crippen molar-refractivity contribution in [2.45, 2.75) is 13.0 Å². The number of carboxylic acids is 1. The summed E-state index contributed by atoms with van der Waals surface area (Å²) in [7, 11) is 0. The van der Waals surface area contributed by atoms with Crippen molar-refractivity contribution in [2.75, 3.05) is 6.54 Å². The molecule has 0 saturated carbocycles. The second-order valence-corrected chi connectivity index (χ2v) is 4.68. The van der Waals surface area contributed by atoms with Crippen LogP contribution in [0.15, 0.2) is 35.2 Å². The van der Waals surface area contributed by atoms with Crippen LogP contribution in [0.2, 0.25) is 0 Å². The molecule has 5 heteroatoms. The Morgan fingerprint density at radius 2 is 2.28 bits per heavy atom. The number of carbonyl (C=O) groups is 1. The second-order valence-electron chi connectivity index (χ2n) is 3.90. The molecule has 0 atom stereocenters. The van der Waals surface area contributed by atoms with E-state index in [0.29, 0.717) is 6.54 Å². The third kappa shape index (κ3) is 3.65. The summed E-state index contributed by atoms with van der Waals surface area (Å²) in [5, 5.41) is 16.2. The topological polar surface area (TPSA) is 62.2 Å². The molecule has 94 valence electrons. The normalized spacial score (nSPS) is 10.4. The van der Waals surface area contributed by atoms with Gasteiger partial charge in [-0.2, -0.15) is 11.3 Å². The average molecular weight is 262 g/mol. The number of rotatable bonds is 6. The molecule has 0 aliphatic carbocycles. The number of aromatic carboxylic acids is 1. The summed E-state index contributed by atoms with van der Waals surface area (Å²) in [5.74, 6) is -0.945. The third-order valence-corrected chi connectivity index (χ3v) is 3.28. The fraction of sp³-hybridized carbons (Fsp3) is 0.231. The molecule has 4 nitrogen and oxygen atoms in total. The minimum absolute atomic E-state index is 0.219. The van der Waals surface area contributed by atoms with Crippen LogP contribution in [-0.4, -0.2) is 22.6 Å². The summed E-state index contributed by atoms with van der Waals surface area (Å²) < 4.78 is 0. The van der Waals surface area contributed by atoms with E-state index in [-0.39, 0.29) is 5.56 Å². The summed E-state index contributed by atoms with van der Waals surface area (Å²) in [4.78, 5) is 14.7. The van der Waals surface area contributed by atoms with Crippen molar-refractivity contribution in [2.24, 2.45) is 0 Å². The van der Waals surface area contributed by atoms with E-state index in [1.54, 1.807) is 23.5 Å². The number of aromatic nitrogens is 1. The summed E-state index contributed by atoms with van der Waals surface area (Å²) in [6, 6.07) is 5.43. The van der Waals surface area contributed by atoms with Crippen molar-refractivity contribution in [3.63, 3.8) is 0 Å².